The second-order valence-corrected chi connectivity index (χ2v) is 5.03. The first-order valence-corrected chi connectivity index (χ1v) is 6.54. The quantitative estimate of drug-likeness (QED) is 0.936. The van der Waals surface area contributed by atoms with E-state index in [4.69, 9.17) is 0 Å². The predicted octanol–water partition coefficient (Wildman–Crippen LogP) is 3.51. The van der Waals surface area contributed by atoms with Crippen LogP contribution in [0, 0.1) is 19.7 Å². The first-order chi connectivity index (χ1) is 8.58. The molecule has 0 aliphatic rings. The molecule has 0 radical (unpaired) electrons. The van der Waals surface area contributed by atoms with Crippen molar-refractivity contribution >= 4 is 21.6 Å². The van der Waals surface area contributed by atoms with Gasteiger partial charge in [0.1, 0.15) is 11.6 Å². The highest BCUT2D eigenvalue weighted by atomic mass is 79.9. The molecular weight excluding hydrogens is 297 g/mol. The van der Waals surface area contributed by atoms with Gasteiger partial charge >= 0.3 is 0 Å². The highest BCUT2D eigenvalue weighted by molar-refractivity contribution is 9.10. The molecule has 0 fully saturated rings. The van der Waals surface area contributed by atoms with Crippen LogP contribution in [0.1, 0.15) is 11.4 Å². The number of halogens is 2. The van der Waals surface area contributed by atoms with Crippen molar-refractivity contribution < 1.29 is 4.39 Å². The van der Waals surface area contributed by atoms with E-state index in [0.29, 0.717) is 4.47 Å². The zero-order chi connectivity index (χ0) is 13.1. The standard InChI is InChI=1S/C13H15BrFN3/c1-9-7-12(15)11(14)8-13(9)17-4-6-18-5-3-16-10(18)2/h3,5,7-8,17H,4,6H2,1-2H3. The van der Waals surface area contributed by atoms with E-state index in [1.807, 2.05) is 20.0 Å². The Morgan fingerprint density at radius 2 is 2.17 bits per heavy atom. The molecule has 0 amide bonds. The Morgan fingerprint density at radius 3 is 2.83 bits per heavy atom. The number of aryl methyl sites for hydroxylation is 2. The van der Waals surface area contributed by atoms with Crippen molar-refractivity contribution in [3.8, 4) is 0 Å². The third kappa shape index (κ3) is 2.90. The second-order valence-electron chi connectivity index (χ2n) is 4.18. The smallest absolute Gasteiger partial charge is 0.137 e. The van der Waals surface area contributed by atoms with Gasteiger partial charge in [0.25, 0.3) is 0 Å². The highest BCUT2D eigenvalue weighted by Gasteiger charge is 2.05. The van der Waals surface area contributed by atoms with Crippen LogP contribution in [0.2, 0.25) is 0 Å². The molecule has 1 heterocycles. The maximum Gasteiger partial charge on any atom is 0.137 e. The number of hydrogen-bond acceptors (Lipinski definition) is 2. The molecule has 96 valence electrons. The Kier molecular flexibility index (Phi) is 4.01. The summed E-state index contributed by atoms with van der Waals surface area (Å²) in [5, 5.41) is 3.30. The minimum atomic E-state index is -0.233. The topological polar surface area (TPSA) is 29.9 Å². The lowest BCUT2D eigenvalue weighted by Gasteiger charge is -2.11. The molecule has 0 atom stereocenters. The number of anilines is 1. The molecule has 1 aromatic heterocycles. The summed E-state index contributed by atoms with van der Waals surface area (Å²) in [4.78, 5) is 4.16. The number of imidazole rings is 1. The zero-order valence-corrected chi connectivity index (χ0v) is 12.0. The fourth-order valence-electron chi connectivity index (χ4n) is 1.79. The Labute approximate surface area is 114 Å². The lowest BCUT2D eigenvalue weighted by Crippen LogP contribution is -2.11. The van der Waals surface area contributed by atoms with E-state index in [0.717, 1.165) is 30.2 Å². The normalized spacial score (nSPS) is 10.7. The Morgan fingerprint density at radius 1 is 1.39 bits per heavy atom. The minimum Gasteiger partial charge on any atom is -0.383 e. The summed E-state index contributed by atoms with van der Waals surface area (Å²) in [5.74, 6) is 0.761. The van der Waals surface area contributed by atoms with Gasteiger partial charge in [-0.05, 0) is 47.5 Å². The molecule has 0 saturated heterocycles. The molecule has 0 bridgehead atoms. The summed E-state index contributed by atoms with van der Waals surface area (Å²) in [6.07, 6.45) is 3.74. The van der Waals surface area contributed by atoms with Crippen molar-refractivity contribution in [2.75, 3.05) is 11.9 Å². The minimum absolute atomic E-state index is 0.233. The fraction of sp³-hybridized carbons (Fsp3) is 0.308. The van der Waals surface area contributed by atoms with Crippen LogP contribution in [-0.2, 0) is 6.54 Å². The molecule has 1 N–H and O–H groups in total. The van der Waals surface area contributed by atoms with Gasteiger partial charge in [0, 0.05) is 31.2 Å². The van der Waals surface area contributed by atoms with Gasteiger partial charge in [0.15, 0.2) is 0 Å². The van der Waals surface area contributed by atoms with Gasteiger partial charge in [-0.3, -0.25) is 0 Å². The molecule has 5 heteroatoms. The van der Waals surface area contributed by atoms with Gasteiger partial charge in [0.05, 0.1) is 4.47 Å². The Bertz CT molecular complexity index is 551. The molecule has 2 rings (SSSR count). The summed E-state index contributed by atoms with van der Waals surface area (Å²) in [6.45, 7) is 5.47. The second kappa shape index (κ2) is 5.52. The van der Waals surface area contributed by atoms with E-state index in [1.54, 1.807) is 12.3 Å². The SMILES string of the molecule is Cc1cc(F)c(Br)cc1NCCn1ccnc1C. The lowest BCUT2D eigenvalue weighted by molar-refractivity contribution is 0.620. The van der Waals surface area contributed by atoms with Gasteiger partial charge < -0.3 is 9.88 Å². The van der Waals surface area contributed by atoms with Crippen LogP contribution in [0.25, 0.3) is 0 Å². The Balaban J connectivity index is 1.99. The van der Waals surface area contributed by atoms with E-state index in [2.05, 4.69) is 30.8 Å². The van der Waals surface area contributed by atoms with Crippen molar-refractivity contribution in [2.45, 2.75) is 20.4 Å². The molecule has 2 aromatic rings. The van der Waals surface area contributed by atoms with Crippen LogP contribution in [0.15, 0.2) is 29.0 Å². The molecule has 0 aliphatic carbocycles. The van der Waals surface area contributed by atoms with Crippen molar-refractivity contribution in [2.24, 2.45) is 0 Å². The zero-order valence-electron chi connectivity index (χ0n) is 10.4. The average molecular weight is 312 g/mol. The van der Waals surface area contributed by atoms with Crippen LogP contribution in [0.3, 0.4) is 0 Å². The molecule has 0 aliphatic heterocycles. The summed E-state index contributed by atoms with van der Waals surface area (Å²) >= 11 is 3.19. The number of nitrogens with zero attached hydrogens (tertiary/aromatic N) is 2. The van der Waals surface area contributed by atoms with E-state index < -0.39 is 0 Å². The maximum atomic E-state index is 13.3. The summed E-state index contributed by atoms with van der Waals surface area (Å²) < 4.78 is 15.8. The lowest BCUT2D eigenvalue weighted by atomic mass is 10.2. The highest BCUT2D eigenvalue weighted by Crippen LogP contribution is 2.24. The number of aromatic nitrogens is 2. The monoisotopic (exact) mass is 311 g/mol. The van der Waals surface area contributed by atoms with Crippen LogP contribution in [-0.4, -0.2) is 16.1 Å². The summed E-state index contributed by atoms with van der Waals surface area (Å²) in [6, 6.07) is 3.29. The van der Waals surface area contributed by atoms with Gasteiger partial charge in [-0.2, -0.15) is 0 Å². The van der Waals surface area contributed by atoms with Crippen LogP contribution in [0.4, 0.5) is 10.1 Å². The molecule has 1 aromatic carbocycles. The maximum absolute atomic E-state index is 13.3. The van der Waals surface area contributed by atoms with Crippen molar-refractivity contribution in [1.29, 1.82) is 0 Å². The van der Waals surface area contributed by atoms with E-state index >= 15 is 0 Å². The number of nitrogens with one attached hydrogen (secondary N) is 1. The fourth-order valence-corrected chi connectivity index (χ4v) is 2.13. The van der Waals surface area contributed by atoms with Crippen LogP contribution < -0.4 is 5.32 Å². The van der Waals surface area contributed by atoms with E-state index in [9.17, 15) is 4.39 Å². The Hall–Kier alpha value is -1.36. The number of hydrogen-bond donors (Lipinski definition) is 1. The van der Waals surface area contributed by atoms with Crippen molar-refractivity contribution in [3.63, 3.8) is 0 Å². The van der Waals surface area contributed by atoms with Crippen molar-refractivity contribution in [1.82, 2.24) is 9.55 Å². The first-order valence-electron chi connectivity index (χ1n) is 5.75. The third-order valence-corrected chi connectivity index (χ3v) is 3.47. The van der Waals surface area contributed by atoms with Gasteiger partial charge in [-0.15, -0.1) is 0 Å². The summed E-state index contributed by atoms with van der Waals surface area (Å²) in [7, 11) is 0. The molecule has 0 unspecified atom stereocenters. The third-order valence-electron chi connectivity index (χ3n) is 2.86. The van der Waals surface area contributed by atoms with Gasteiger partial charge in [0.2, 0.25) is 0 Å². The first kappa shape index (κ1) is 13.1. The predicted molar refractivity (Wildman–Crippen MR) is 74.3 cm³/mol. The molecule has 18 heavy (non-hydrogen) atoms. The molecular formula is C13H15BrFN3. The van der Waals surface area contributed by atoms with E-state index in [1.165, 1.54) is 6.07 Å². The molecule has 0 spiro atoms. The van der Waals surface area contributed by atoms with Crippen LogP contribution >= 0.6 is 15.9 Å². The van der Waals surface area contributed by atoms with E-state index in [-0.39, 0.29) is 5.82 Å². The van der Waals surface area contributed by atoms with Gasteiger partial charge in [-0.1, -0.05) is 0 Å². The largest absolute Gasteiger partial charge is 0.383 e. The van der Waals surface area contributed by atoms with Crippen LogP contribution in [0.5, 0.6) is 0 Å². The summed E-state index contributed by atoms with van der Waals surface area (Å²) in [5.41, 5.74) is 1.85. The average Bonchev–Trinajstić information content (AvgIpc) is 2.72. The number of benzene rings is 1. The molecule has 0 saturated carbocycles. The molecule has 3 nitrogen and oxygen atoms in total. The number of rotatable bonds is 4. The van der Waals surface area contributed by atoms with Crippen molar-refractivity contribution in [3.05, 3.63) is 46.2 Å². The van der Waals surface area contributed by atoms with Gasteiger partial charge in [-0.25, -0.2) is 9.37 Å².